The van der Waals surface area contributed by atoms with Crippen LogP contribution in [0.3, 0.4) is 0 Å². The summed E-state index contributed by atoms with van der Waals surface area (Å²) in [5.74, 6) is 0. The lowest BCUT2D eigenvalue weighted by Crippen LogP contribution is -2.42. The molecule has 3 nitrogen and oxygen atoms in total. The fraction of sp³-hybridized carbons (Fsp3) is 1.00. The Morgan fingerprint density at radius 2 is 2.00 bits per heavy atom. The Bertz CT molecular complexity index is 178. The van der Waals surface area contributed by atoms with Crippen LogP contribution in [0.1, 0.15) is 26.7 Å². The van der Waals surface area contributed by atoms with Gasteiger partial charge in [-0.25, -0.2) is 0 Å². The summed E-state index contributed by atoms with van der Waals surface area (Å²) in [5.41, 5.74) is 0.434. The lowest BCUT2D eigenvalue weighted by Gasteiger charge is -2.31. The number of nitrogens with zero attached hydrogens (tertiary/aromatic N) is 2. The molecule has 3 heteroatoms. The summed E-state index contributed by atoms with van der Waals surface area (Å²) in [7, 11) is 4.23. The average Bonchev–Trinajstić information content (AvgIpc) is 2.44. The van der Waals surface area contributed by atoms with Gasteiger partial charge in [0.25, 0.3) is 0 Å². The number of likely N-dealkylation sites (tertiary alicyclic amines) is 1. The standard InChI is InChI=1S/C12H27N3/c1-12(2)6-5-9-15(12)11-8-13-7-10-14(3)4/h13H,5-11H2,1-4H3. The second-order valence-corrected chi connectivity index (χ2v) is 5.46. The van der Waals surface area contributed by atoms with Gasteiger partial charge in [0.15, 0.2) is 0 Å². The van der Waals surface area contributed by atoms with Crippen molar-refractivity contribution in [2.24, 2.45) is 0 Å². The van der Waals surface area contributed by atoms with E-state index >= 15 is 0 Å². The molecule has 0 aliphatic carbocycles. The normalized spacial score (nSPS) is 21.4. The molecule has 15 heavy (non-hydrogen) atoms. The smallest absolute Gasteiger partial charge is 0.0154 e. The first-order chi connectivity index (χ1) is 7.02. The molecule has 1 saturated heterocycles. The predicted octanol–water partition coefficient (Wildman–Crippen LogP) is 1.01. The van der Waals surface area contributed by atoms with Crippen LogP contribution in [0.15, 0.2) is 0 Å². The van der Waals surface area contributed by atoms with Crippen molar-refractivity contribution in [3.63, 3.8) is 0 Å². The van der Waals surface area contributed by atoms with Crippen molar-refractivity contribution in [1.82, 2.24) is 15.1 Å². The highest BCUT2D eigenvalue weighted by molar-refractivity contribution is 4.87. The third kappa shape index (κ3) is 4.49. The van der Waals surface area contributed by atoms with Gasteiger partial charge in [-0.1, -0.05) is 0 Å². The highest BCUT2D eigenvalue weighted by Gasteiger charge is 2.30. The number of rotatable bonds is 6. The van der Waals surface area contributed by atoms with Crippen LogP contribution in [0, 0.1) is 0 Å². The maximum absolute atomic E-state index is 3.50. The first-order valence-electron chi connectivity index (χ1n) is 6.13. The van der Waals surface area contributed by atoms with Gasteiger partial charge in [0.2, 0.25) is 0 Å². The number of hydrogen-bond donors (Lipinski definition) is 1. The molecule has 1 rings (SSSR count). The Morgan fingerprint density at radius 3 is 2.53 bits per heavy atom. The lowest BCUT2D eigenvalue weighted by atomic mass is 10.0. The van der Waals surface area contributed by atoms with E-state index in [1.807, 2.05) is 0 Å². The van der Waals surface area contributed by atoms with Crippen molar-refractivity contribution in [3.05, 3.63) is 0 Å². The summed E-state index contributed by atoms with van der Waals surface area (Å²) in [6, 6.07) is 0. The summed E-state index contributed by atoms with van der Waals surface area (Å²) in [6.07, 6.45) is 2.72. The molecule has 0 atom stereocenters. The van der Waals surface area contributed by atoms with Crippen LogP contribution in [-0.4, -0.2) is 62.2 Å². The van der Waals surface area contributed by atoms with Gasteiger partial charge in [0.1, 0.15) is 0 Å². The van der Waals surface area contributed by atoms with Gasteiger partial charge in [0, 0.05) is 31.7 Å². The highest BCUT2D eigenvalue weighted by Crippen LogP contribution is 2.27. The molecule has 0 amide bonds. The molecule has 1 fully saturated rings. The van der Waals surface area contributed by atoms with Crippen molar-refractivity contribution < 1.29 is 0 Å². The molecule has 0 bridgehead atoms. The zero-order valence-electron chi connectivity index (χ0n) is 10.8. The minimum absolute atomic E-state index is 0.434. The third-order valence-corrected chi connectivity index (χ3v) is 3.37. The van der Waals surface area contributed by atoms with Crippen LogP contribution in [0.4, 0.5) is 0 Å². The second kappa shape index (κ2) is 5.83. The van der Waals surface area contributed by atoms with E-state index in [4.69, 9.17) is 0 Å². The van der Waals surface area contributed by atoms with E-state index in [0.717, 1.165) is 19.6 Å². The van der Waals surface area contributed by atoms with Gasteiger partial charge in [-0.2, -0.15) is 0 Å². The van der Waals surface area contributed by atoms with Crippen molar-refractivity contribution in [3.8, 4) is 0 Å². The van der Waals surface area contributed by atoms with E-state index in [-0.39, 0.29) is 0 Å². The van der Waals surface area contributed by atoms with E-state index < -0.39 is 0 Å². The van der Waals surface area contributed by atoms with Crippen molar-refractivity contribution >= 4 is 0 Å². The summed E-state index contributed by atoms with van der Waals surface area (Å²) in [6.45, 7) is 10.5. The Balaban J connectivity index is 2.05. The van der Waals surface area contributed by atoms with Gasteiger partial charge >= 0.3 is 0 Å². The van der Waals surface area contributed by atoms with Gasteiger partial charge in [0.05, 0.1) is 0 Å². The Morgan fingerprint density at radius 1 is 1.27 bits per heavy atom. The second-order valence-electron chi connectivity index (χ2n) is 5.46. The molecule has 0 saturated carbocycles. The third-order valence-electron chi connectivity index (χ3n) is 3.37. The molecule has 0 unspecified atom stereocenters. The number of nitrogens with one attached hydrogen (secondary N) is 1. The maximum Gasteiger partial charge on any atom is 0.0154 e. The van der Waals surface area contributed by atoms with Crippen LogP contribution in [0.2, 0.25) is 0 Å². The van der Waals surface area contributed by atoms with Crippen LogP contribution >= 0.6 is 0 Å². The summed E-state index contributed by atoms with van der Waals surface area (Å²) < 4.78 is 0. The van der Waals surface area contributed by atoms with Crippen LogP contribution in [0.25, 0.3) is 0 Å². The molecule has 1 N–H and O–H groups in total. The van der Waals surface area contributed by atoms with Gasteiger partial charge < -0.3 is 10.2 Å². The van der Waals surface area contributed by atoms with E-state index in [2.05, 4.69) is 43.1 Å². The fourth-order valence-electron chi connectivity index (χ4n) is 2.22. The molecular weight excluding hydrogens is 186 g/mol. The molecule has 1 heterocycles. The van der Waals surface area contributed by atoms with Crippen LogP contribution < -0.4 is 5.32 Å². The number of likely N-dealkylation sites (N-methyl/N-ethyl adjacent to an activating group) is 1. The molecule has 1 aliphatic rings. The molecule has 0 radical (unpaired) electrons. The molecule has 0 aromatic heterocycles. The zero-order chi connectivity index (χ0) is 11.3. The van der Waals surface area contributed by atoms with Crippen molar-refractivity contribution in [1.29, 1.82) is 0 Å². The molecular formula is C12H27N3. The predicted molar refractivity (Wildman–Crippen MR) is 66.3 cm³/mol. The van der Waals surface area contributed by atoms with Crippen LogP contribution in [-0.2, 0) is 0 Å². The monoisotopic (exact) mass is 213 g/mol. The molecule has 0 spiro atoms. The van der Waals surface area contributed by atoms with Crippen LogP contribution in [0.5, 0.6) is 0 Å². The van der Waals surface area contributed by atoms with Crippen molar-refractivity contribution in [2.75, 3.05) is 46.8 Å². The molecule has 0 aromatic rings. The van der Waals surface area contributed by atoms with Gasteiger partial charge in [-0.3, -0.25) is 4.90 Å². The number of hydrogen-bond acceptors (Lipinski definition) is 3. The minimum Gasteiger partial charge on any atom is -0.314 e. The van der Waals surface area contributed by atoms with E-state index in [1.54, 1.807) is 0 Å². The van der Waals surface area contributed by atoms with Crippen molar-refractivity contribution in [2.45, 2.75) is 32.2 Å². The molecule has 90 valence electrons. The maximum atomic E-state index is 3.50. The summed E-state index contributed by atoms with van der Waals surface area (Å²) in [5, 5.41) is 3.50. The first kappa shape index (κ1) is 12.9. The zero-order valence-corrected chi connectivity index (χ0v) is 10.8. The van der Waals surface area contributed by atoms with E-state index in [0.29, 0.717) is 5.54 Å². The topological polar surface area (TPSA) is 18.5 Å². The highest BCUT2D eigenvalue weighted by atomic mass is 15.2. The minimum atomic E-state index is 0.434. The summed E-state index contributed by atoms with van der Waals surface area (Å²) in [4.78, 5) is 4.82. The molecule has 1 aliphatic heterocycles. The Hall–Kier alpha value is -0.120. The van der Waals surface area contributed by atoms with E-state index in [1.165, 1.54) is 25.9 Å². The van der Waals surface area contributed by atoms with Gasteiger partial charge in [-0.05, 0) is 47.3 Å². The first-order valence-corrected chi connectivity index (χ1v) is 6.13. The summed E-state index contributed by atoms with van der Waals surface area (Å²) >= 11 is 0. The average molecular weight is 213 g/mol. The van der Waals surface area contributed by atoms with Gasteiger partial charge in [-0.15, -0.1) is 0 Å². The quantitative estimate of drug-likeness (QED) is 0.664. The Labute approximate surface area is 94.8 Å². The largest absolute Gasteiger partial charge is 0.314 e. The Kier molecular flexibility index (Phi) is 5.03. The SMILES string of the molecule is CN(C)CCNCCN1CCCC1(C)C. The van der Waals surface area contributed by atoms with E-state index in [9.17, 15) is 0 Å². The molecule has 0 aromatic carbocycles. The fourth-order valence-corrected chi connectivity index (χ4v) is 2.22. The lowest BCUT2D eigenvalue weighted by molar-refractivity contribution is 0.175.